The van der Waals surface area contributed by atoms with Gasteiger partial charge in [0.1, 0.15) is 0 Å². The third-order valence-electron chi connectivity index (χ3n) is 2.02. The lowest BCUT2D eigenvalue weighted by Gasteiger charge is -2.23. The molecule has 1 heterocycles. The van der Waals surface area contributed by atoms with Crippen LogP contribution in [0.1, 0.15) is 29.9 Å². The molecule has 82 valence electrons. The lowest BCUT2D eigenvalue weighted by Crippen LogP contribution is -2.46. The van der Waals surface area contributed by atoms with E-state index in [1.165, 1.54) is 6.20 Å². The van der Waals surface area contributed by atoms with E-state index in [1.807, 2.05) is 6.92 Å². The minimum absolute atomic E-state index is 0.0992. The van der Waals surface area contributed by atoms with Crippen LogP contribution in [0.3, 0.4) is 0 Å². The molecule has 1 amide bonds. The van der Waals surface area contributed by atoms with Gasteiger partial charge in [-0.15, -0.1) is 0 Å². The summed E-state index contributed by atoms with van der Waals surface area (Å²) in [6.07, 6.45) is 1.53. The SMILES string of the molecule is Cc1ccc(C(=O)NC(C)(C)CO)cn1. The zero-order chi connectivity index (χ0) is 11.5. The van der Waals surface area contributed by atoms with Gasteiger partial charge in [0.05, 0.1) is 17.7 Å². The molecular formula is C11H16N2O2. The first-order valence-corrected chi connectivity index (χ1v) is 4.81. The number of hydrogen-bond acceptors (Lipinski definition) is 3. The Morgan fingerprint density at radius 1 is 1.53 bits per heavy atom. The zero-order valence-corrected chi connectivity index (χ0v) is 9.24. The minimum atomic E-state index is -0.609. The highest BCUT2D eigenvalue weighted by Gasteiger charge is 2.19. The van der Waals surface area contributed by atoms with E-state index in [4.69, 9.17) is 5.11 Å². The normalized spacial score (nSPS) is 11.2. The van der Waals surface area contributed by atoms with Crippen molar-refractivity contribution < 1.29 is 9.90 Å². The standard InChI is InChI=1S/C11H16N2O2/c1-8-4-5-9(6-12-8)10(15)13-11(2,3)7-14/h4-6,14H,7H2,1-3H3,(H,13,15). The van der Waals surface area contributed by atoms with Crippen LogP contribution in [0.5, 0.6) is 0 Å². The molecule has 0 fully saturated rings. The molecule has 0 unspecified atom stereocenters. The molecule has 0 aliphatic rings. The first-order valence-electron chi connectivity index (χ1n) is 4.81. The molecule has 4 nitrogen and oxygen atoms in total. The van der Waals surface area contributed by atoms with Crippen LogP contribution in [0.4, 0.5) is 0 Å². The van der Waals surface area contributed by atoms with Crippen molar-refractivity contribution in [1.82, 2.24) is 10.3 Å². The third-order valence-corrected chi connectivity index (χ3v) is 2.02. The van der Waals surface area contributed by atoms with Gasteiger partial charge >= 0.3 is 0 Å². The number of nitrogens with one attached hydrogen (secondary N) is 1. The van der Waals surface area contributed by atoms with Crippen molar-refractivity contribution in [3.8, 4) is 0 Å². The highest BCUT2D eigenvalue weighted by Crippen LogP contribution is 2.04. The number of aromatic nitrogens is 1. The molecule has 0 aliphatic heterocycles. The summed E-state index contributed by atoms with van der Waals surface area (Å²) < 4.78 is 0. The second-order valence-corrected chi connectivity index (χ2v) is 4.18. The lowest BCUT2D eigenvalue weighted by molar-refractivity contribution is 0.0869. The van der Waals surface area contributed by atoms with Gasteiger partial charge in [-0.05, 0) is 32.9 Å². The summed E-state index contributed by atoms with van der Waals surface area (Å²) in [6.45, 7) is 5.27. The van der Waals surface area contributed by atoms with Crippen LogP contribution in [0.2, 0.25) is 0 Å². The molecule has 2 N–H and O–H groups in total. The Morgan fingerprint density at radius 3 is 2.67 bits per heavy atom. The second kappa shape index (κ2) is 4.40. The Bertz CT molecular complexity index is 344. The van der Waals surface area contributed by atoms with Gasteiger partial charge in [0, 0.05) is 11.9 Å². The van der Waals surface area contributed by atoms with Crippen LogP contribution in [0, 0.1) is 6.92 Å². The first kappa shape index (κ1) is 11.7. The van der Waals surface area contributed by atoms with Gasteiger partial charge in [-0.3, -0.25) is 9.78 Å². The number of hydrogen-bond donors (Lipinski definition) is 2. The Hall–Kier alpha value is -1.42. The second-order valence-electron chi connectivity index (χ2n) is 4.18. The topological polar surface area (TPSA) is 62.2 Å². The number of pyridine rings is 1. The highest BCUT2D eigenvalue weighted by molar-refractivity contribution is 5.94. The van der Waals surface area contributed by atoms with Gasteiger partial charge in [-0.1, -0.05) is 0 Å². The van der Waals surface area contributed by atoms with E-state index >= 15 is 0 Å². The number of carbonyl (C=O) groups excluding carboxylic acids is 1. The Morgan fingerprint density at radius 2 is 2.20 bits per heavy atom. The van der Waals surface area contributed by atoms with Gasteiger partial charge in [-0.25, -0.2) is 0 Å². The number of rotatable bonds is 3. The summed E-state index contributed by atoms with van der Waals surface area (Å²) in [5.41, 5.74) is 0.761. The Labute approximate surface area is 89.3 Å². The maximum absolute atomic E-state index is 11.7. The van der Waals surface area contributed by atoms with Crippen molar-refractivity contribution in [2.45, 2.75) is 26.3 Å². The molecule has 0 radical (unpaired) electrons. The average Bonchev–Trinajstić information content (AvgIpc) is 2.18. The predicted octanol–water partition coefficient (Wildman–Crippen LogP) is 0.891. The average molecular weight is 208 g/mol. The number of amides is 1. The molecule has 0 saturated heterocycles. The fraction of sp³-hybridized carbons (Fsp3) is 0.455. The maximum Gasteiger partial charge on any atom is 0.253 e. The van der Waals surface area contributed by atoms with E-state index in [0.29, 0.717) is 5.56 Å². The van der Waals surface area contributed by atoms with Crippen molar-refractivity contribution in [2.75, 3.05) is 6.61 Å². The number of aryl methyl sites for hydroxylation is 1. The van der Waals surface area contributed by atoms with E-state index in [0.717, 1.165) is 5.69 Å². The third kappa shape index (κ3) is 3.32. The summed E-state index contributed by atoms with van der Waals surface area (Å²) in [7, 11) is 0. The van der Waals surface area contributed by atoms with Crippen molar-refractivity contribution in [2.24, 2.45) is 0 Å². The van der Waals surface area contributed by atoms with Crippen LogP contribution in [-0.2, 0) is 0 Å². The van der Waals surface area contributed by atoms with Crippen LogP contribution in [-0.4, -0.2) is 28.1 Å². The zero-order valence-electron chi connectivity index (χ0n) is 9.24. The summed E-state index contributed by atoms with van der Waals surface area (Å²) in [4.78, 5) is 15.7. The van der Waals surface area contributed by atoms with Gasteiger partial charge in [0.25, 0.3) is 5.91 Å². The summed E-state index contributed by atoms with van der Waals surface area (Å²) in [5, 5.41) is 11.7. The fourth-order valence-corrected chi connectivity index (χ4v) is 1.02. The predicted molar refractivity (Wildman–Crippen MR) is 57.6 cm³/mol. The van der Waals surface area contributed by atoms with E-state index in [-0.39, 0.29) is 12.5 Å². The number of carbonyl (C=O) groups is 1. The van der Waals surface area contributed by atoms with Crippen molar-refractivity contribution >= 4 is 5.91 Å². The highest BCUT2D eigenvalue weighted by atomic mass is 16.3. The number of nitrogens with zero attached hydrogens (tertiary/aromatic N) is 1. The minimum Gasteiger partial charge on any atom is -0.394 e. The number of aliphatic hydroxyl groups is 1. The van der Waals surface area contributed by atoms with E-state index in [9.17, 15) is 4.79 Å². The van der Waals surface area contributed by atoms with Crippen LogP contribution in [0.25, 0.3) is 0 Å². The van der Waals surface area contributed by atoms with Crippen LogP contribution in [0.15, 0.2) is 18.3 Å². The first-order chi connectivity index (χ1) is 6.94. The molecular weight excluding hydrogens is 192 g/mol. The summed E-state index contributed by atoms with van der Waals surface area (Å²) in [6, 6.07) is 3.49. The van der Waals surface area contributed by atoms with E-state index in [1.54, 1.807) is 26.0 Å². The smallest absolute Gasteiger partial charge is 0.253 e. The molecule has 0 atom stereocenters. The van der Waals surface area contributed by atoms with Crippen molar-refractivity contribution in [1.29, 1.82) is 0 Å². The molecule has 0 saturated carbocycles. The molecule has 1 aromatic heterocycles. The van der Waals surface area contributed by atoms with E-state index in [2.05, 4.69) is 10.3 Å². The summed E-state index contributed by atoms with van der Waals surface area (Å²) in [5.74, 6) is -0.221. The number of aliphatic hydroxyl groups excluding tert-OH is 1. The van der Waals surface area contributed by atoms with Crippen molar-refractivity contribution in [3.63, 3.8) is 0 Å². The maximum atomic E-state index is 11.7. The van der Waals surface area contributed by atoms with Crippen LogP contribution < -0.4 is 5.32 Å². The molecule has 1 aromatic rings. The Balaban J connectivity index is 2.74. The molecule has 0 aliphatic carbocycles. The van der Waals surface area contributed by atoms with Gasteiger partial charge in [0.15, 0.2) is 0 Å². The fourth-order valence-electron chi connectivity index (χ4n) is 1.02. The van der Waals surface area contributed by atoms with Crippen molar-refractivity contribution in [3.05, 3.63) is 29.6 Å². The lowest BCUT2D eigenvalue weighted by atomic mass is 10.1. The molecule has 15 heavy (non-hydrogen) atoms. The molecule has 0 aromatic carbocycles. The molecule has 1 rings (SSSR count). The summed E-state index contributed by atoms with van der Waals surface area (Å²) >= 11 is 0. The quantitative estimate of drug-likeness (QED) is 0.775. The molecule has 0 spiro atoms. The largest absolute Gasteiger partial charge is 0.394 e. The van der Waals surface area contributed by atoms with E-state index < -0.39 is 5.54 Å². The molecule has 4 heteroatoms. The Kier molecular flexibility index (Phi) is 3.42. The van der Waals surface area contributed by atoms with Gasteiger partial charge < -0.3 is 10.4 Å². The molecule has 0 bridgehead atoms. The van der Waals surface area contributed by atoms with Gasteiger partial charge in [0.2, 0.25) is 0 Å². The van der Waals surface area contributed by atoms with Crippen LogP contribution >= 0.6 is 0 Å². The monoisotopic (exact) mass is 208 g/mol. The van der Waals surface area contributed by atoms with Gasteiger partial charge in [-0.2, -0.15) is 0 Å².